The summed E-state index contributed by atoms with van der Waals surface area (Å²) in [5.74, 6) is -1.94. The number of halogens is 3. The van der Waals surface area contributed by atoms with Gasteiger partial charge in [-0.2, -0.15) is 13.2 Å². The summed E-state index contributed by atoms with van der Waals surface area (Å²) in [6.45, 7) is 3.54. The second kappa shape index (κ2) is 8.65. The van der Waals surface area contributed by atoms with E-state index in [1.54, 1.807) is 44.2 Å². The summed E-state index contributed by atoms with van der Waals surface area (Å²) in [6, 6.07) is 9.76. The lowest BCUT2D eigenvalue weighted by Gasteiger charge is -2.18. The molecule has 0 bridgehead atoms. The number of aryl methyl sites for hydroxylation is 2. The number of nitrogens with one attached hydrogen (secondary N) is 2. The predicted octanol–water partition coefficient (Wildman–Crippen LogP) is 4.79. The quantitative estimate of drug-likeness (QED) is 0.424. The van der Waals surface area contributed by atoms with Crippen LogP contribution in [0.25, 0.3) is 6.08 Å². The van der Waals surface area contributed by atoms with Crippen LogP contribution in [0.5, 0.6) is 0 Å². The Morgan fingerprint density at radius 3 is 2.29 bits per heavy atom. The Balaban J connectivity index is 2.42. The van der Waals surface area contributed by atoms with Crippen molar-refractivity contribution in [2.75, 3.05) is 5.32 Å². The highest BCUT2D eigenvalue weighted by atomic mass is 19.4. The van der Waals surface area contributed by atoms with E-state index in [0.717, 1.165) is 17.2 Å². The summed E-state index contributed by atoms with van der Waals surface area (Å²) in [7, 11) is 0. The van der Waals surface area contributed by atoms with Gasteiger partial charge in [-0.3, -0.25) is 5.41 Å². The predicted molar refractivity (Wildman–Crippen MR) is 108 cm³/mol. The van der Waals surface area contributed by atoms with Crippen molar-refractivity contribution in [3.8, 4) is 0 Å². The van der Waals surface area contributed by atoms with Crippen LogP contribution in [-0.4, -0.2) is 12.0 Å². The summed E-state index contributed by atoms with van der Waals surface area (Å²) < 4.78 is 40.9. The van der Waals surface area contributed by atoms with Crippen molar-refractivity contribution in [3.05, 3.63) is 82.7 Å². The average Bonchev–Trinajstić information content (AvgIpc) is 2.58. The molecule has 28 heavy (non-hydrogen) atoms. The summed E-state index contributed by atoms with van der Waals surface area (Å²) in [4.78, 5) is 0. The Morgan fingerprint density at radius 2 is 1.75 bits per heavy atom. The van der Waals surface area contributed by atoms with Crippen LogP contribution in [0.4, 0.5) is 18.9 Å². The molecule has 0 saturated carbocycles. The fourth-order valence-electron chi connectivity index (χ4n) is 2.96. The molecule has 0 saturated heterocycles. The van der Waals surface area contributed by atoms with Crippen LogP contribution in [0.1, 0.15) is 33.7 Å². The van der Waals surface area contributed by atoms with E-state index in [1.807, 2.05) is 6.07 Å². The Kier molecular flexibility index (Phi) is 6.51. The third kappa shape index (κ3) is 5.39. The maximum Gasteiger partial charge on any atom is 0.399 e. The molecule has 2 rings (SSSR count). The summed E-state index contributed by atoms with van der Waals surface area (Å²) in [5, 5.41) is 10.6. The van der Waals surface area contributed by atoms with E-state index in [-0.39, 0.29) is 11.4 Å². The van der Waals surface area contributed by atoms with Gasteiger partial charge in [0.2, 0.25) is 0 Å². The van der Waals surface area contributed by atoms with Crippen LogP contribution in [0.15, 0.2) is 54.9 Å². The van der Waals surface area contributed by atoms with Gasteiger partial charge in [-0.05, 0) is 37.1 Å². The summed E-state index contributed by atoms with van der Waals surface area (Å²) in [6.07, 6.45) is 0.852. The molecule has 148 valence electrons. The van der Waals surface area contributed by atoms with Crippen LogP contribution < -0.4 is 16.8 Å². The molecule has 0 amide bonds. The zero-order chi connectivity index (χ0) is 20.9. The molecule has 0 spiro atoms. The Labute approximate surface area is 162 Å². The lowest BCUT2D eigenvalue weighted by atomic mass is 9.94. The molecule has 0 aliphatic rings. The van der Waals surface area contributed by atoms with Crippen molar-refractivity contribution < 1.29 is 13.2 Å². The molecule has 2 aromatic carbocycles. The molecule has 6 N–H and O–H groups in total. The molecule has 0 aliphatic carbocycles. The van der Waals surface area contributed by atoms with Gasteiger partial charge in [0.15, 0.2) is 0 Å². The van der Waals surface area contributed by atoms with E-state index >= 15 is 0 Å². The van der Waals surface area contributed by atoms with Gasteiger partial charge in [0, 0.05) is 23.7 Å². The summed E-state index contributed by atoms with van der Waals surface area (Å²) in [5.41, 5.74) is 14.0. The minimum Gasteiger partial charge on any atom is -0.403 e. The van der Waals surface area contributed by atoms with Crippen molar-refractivity contribution in [2.24, 2.45) is 11.5 Å². The van der Waals surface area contributed by atoms with Crippen LogP contribution in [0.3, 0.4) is 0 Å². The highest BCUT2D eigenvalue weighted by molar-refractivity contribution is 6.01. The Hall–Kier alpha value is -3.22. The minimum atomic E-state index is -4.42. The van der Waals surface area contributed by atoms with Crippen LogP contribution in [0, 0.1) is 19.3 Å². The lowest BCUT2D eigenvalue weighted by molar-refractivity contribution is -0.139. The number of nitrogens with two attached hydrogens (primary N) is 2. The normalized spacial score (nSPS) is 13.2. The largest absolute Gasteiger partial charge is 0.403 e. The molecule has 0 heterocycles. The van der Waals surface area contributed by atoms with Gasteiger partial charge in [0.05, 0.1) is 5.92 Å². The van der Waals surface area contributed by atoms with E-state index in [2.05, 4.69) is 5.32 Å². The number of benzene rings is 2. The topological polar surface area (TPSA) is 87.9 Å². The van der Waals surface area contributed by atoms with Gasteiger partial charge in [-0.1, -0.05) is 47.5 Å². The van der Waals surface area contributed by atoms with Crippen molar-refractivity contribution in [1.82, 2.24) is 0 Å². The maximum atomic E-state index is 13.6. The molecule has 7 heteroatoms. The first-order valence-corrected chi connectivity index (χ1v) is 8.56. The van der Waals surface area contributed by atoms with Gasteiger partial charge in [0.25, 0.3) is 0 Å². The third-order valence-electron chi connectivity index (χ3n) is 4.11. The monoisotopic (exact) mass is 388 g/mol. The highest BCUT2D eigenvalue weighted by Crippen LogP contribution is 2.37. The number of nitrogen functional groups attached to an aromatic ring is 1. The Bertz CT molecular complexity index is 894. The van der Waals surface area contributed by atoms with Crippen molar-refractivity contribution in [2.45, 2.75) is 25.9 Å². The zero-order valence-corrected chi connectivity index (χ0v) is 15.6. The Morgan fingerprint density at radius 1 is 1.11 bits per heavy atom. The number of rotatable bonds is 6. The highest BCUT2D eigenvalue weighted by Gasteiger charge is 2.39. The molecule has 1 unspecified atom stereocenters. The molecule has 2 aromatic rings. The number of hydrogen-bond acceptors (Lipinski definition) is 3. The molecule has 0 aliphatic heterocycles. The van der Waals surface area contributed by atoms with Gasteiger partial charge in [-0.15, -0.1) is 0 Å². The van der Waals surface area contributed by atoms with Gasteiger partial charge in [-0.25, -0.2) is 0 Å². The molecule has 0 fully saturated rings. The van der Waals surface area contributed by atoms with Crippen molar-refractivity contribution >= 4 is 17.6 Å². The zero-order valence-electron chi connectivity index (χ0n) is 15.6. The first-order valence-electron chi connectivity index (χ1n) is 8.56. The van der Waals surface area contributed by atoms with E-state index in [0.29, 0.717) is 16.8 Å². The number of allylic oxidation sites excluding steroid dienone is 1. The number of alkyl halides is 3. The minimum absolute atomic E-state index is 0.194. The third-order valence-corrected chi connectivity index (χ3v) is 4.11. The summed E-state index contributed by atoms with van der Waals surface area (Å²) >= 11 is 0. The van der Waals surface area contributed by atoms with E-state index in [9.17, 15) is 13.2 Å². The number of hydrogen-bond donors (Lipinski definition) is 4. The molecule has 0 aromatic heterocycles. The van der Waals surface area contributed by atoms with Crippen LogP contribution in [0.2, 0.25) is 0 Å². The SMILES string of the molecule is Cc1cc(C)cc(C(/C=C/c2ccc(N/C=C/N)c(C(=N)N)c2)C(F)(F)F)c1. The second-order valence-electron chi connectivity index (χ2n) is 6.52. The molecule has 1 atom stereocenters. The van der Waals surface area contributed by atoms with Crippen LogP contribution >= 0.6 is 0 Å². The molecule has 4 nitrogen and oxygen atoms in total. The van der Waals surface area contributed by atoms with E-state index in [1.165, 1.54) is 18.5 Å². The second-order valence-corrected chi connectivity index (χ2v) is 6.52. The number of amidine groups is 1. The lowest BCUT2D eigenvalue weighted by Crippen LogP contribution is -2.19. The molecular weight excluding hydrogens is 365 g/mol. The van der Waals surface area contributed by atoms with E-state index < -0.39 is 12.1 Å². The smallest absolute Gasteiger partial charge is 0.399 e. The van der Waals surface area contributed by atoms with Gasteiger partial charge >= 0.3 is 6.18 Å². The number of anilines is 1. The first-order chi connectivity index (χ1) is 13.1. The van der Waals surface area contributed by atoms with Gasteiger partial charge in [0.1, 0.15) is 5.84 Å². The standard InChI is InChI=1S/C21H23F3N4/c1-13-9-14(2)11-16(10-13)18(21(22,23)24)5-3-15-4-6-19(28-8-7-25)17(12-15)20(26)27/h3-12,18,28H,25H2,1-2H3,(H3,26,27)/b5-3+,8-7+. The van der Waals surface area contributed by atoms with E-state index in [4.69, 9.17) is 16.9 Å². The van der Waals surface area contributed by atoms with Gasteiger partial charge < -0.3 is 16.8 Å². The fraction of sp³-hybridized carbons (Fsp3) is 0.190. The average molecular weight is 388 g/mol. The van der Waals surface area contributed by atoms with Crippen LogP contribution in [-0.2, 0) is 0 Å². The van der Waals surface area contributed by atoms with Crippen molar-refractivity contribution in [3.63, 3.8) is 0 Å². The molecular formula is C21H23F3N4. The molecule has 0 radical (unpaired) electrons. The maximum absolute atomic E-state index is 13.6. The first kappa shape index (κ1) is 21.1. The fourth-order valence-corrected chi connectivity index (χ4v) is 2.96. The van der Waals surface area contributed by atoms with Crippen molar-refractivity contribution in [1.29, 1.82) is 5.41 Å².